The maximum absolute atomic E-state index is 13.3. The second-order valence-electron chi connectivity index (χ2n) is 8.20. The topological polar surface area (TPSA) is 94.6 Å². The monoisotopic (exact) mass is 458 g/mol. The highest BCUT2D eigenvalue weighted by Gasteiger charge is 2.35. The molecule has 0 heterocycles. The zero-order valence-corrected chi connectivity index (χ0v) is 18.0. The molecule has 0 N–H and O–H groups in total. The van der Waals surface area contributed by atoms with Crippen LogP contribution in [-0.2, 0) is 0 Å². The third kappa shape index (κ3) is 2.93. The van der Waals surface area contributed by atoms with Crippen LogP contribution >= 0.6 is 0 Å². The van der Waals surface area contributed by atoms with Crippen molar-refractivity contribution in [2.45, 2.75) is 0 Å². The summed E-state index contributed by atoms with van der Waals surface area (Å²) < 4.78 is 5.59. The van der Waals surface area contributed by atoms with Crippen LogP contribution in [0.15, 0.2) is 84.9 Å². The second kappa shape index (κ2) is 7.53. The van der Waals surface area contributed by atoms with Crippen molar-refractivity contribution in [3.05, 3.63) is 135 Å². The van der Waals surface area contributed by atoms with Crippen molar-refractivity contribution in [1.29, 1.82) is 0 Å². The van der Waals surface area contributed by atoms with Crippen LogP contribution in [0.2, 0.25) is 0 Å². The molecule has 0 amide bonds. The average Bonchev–Trinajstić information content (AvgIpc) is 2.90. The molecule has 2 aliphatic rings. The zero-order valence-electron chi connectivity index (χ0n) is 18.0. The molecule has 4 aromatic carbocycles. The van der Waals surface area contributed by atoms with Crippen molar-refractivity contribution >= 4 is 29.1 Å². The first-order chi connectivity index (χ1) is 17.0. The number of benzene rings is 4. The Balaban J connectivity index is 1.43. The van der Waals surface area contributed by atoms with Gasteiger partial charge >= 0.3 is 5.97 Å². The highest BCUT2D eigenvalue weighted by molar-refractivity contribution is 6.31. The molecule has 35 heavy (non-hydrogen) atoms. The van der Waals surface area contributed by atoms with E-state index >= 15 is 0 Å². The Bertz CT molecular complexity index is 1660. The summed E-state index contributed by atoms with van der Waals surface area (Å²) in [6.45, 7) is 0. The molecule has 0 saturated carbocycles. The normalized spacial score (nSPS) is 13.5. The minimum atomic E-state index is -0.908. The fourth-order valence-corrected chi connectivity index (χ4v) is 4.67. The molecule has 6 nitrogen and oxygen atoms in total. The van der Waals surface area contributed by atoms with Crippen LogP contribution in [0.5, 0.6) is 5.75 Å². The fraction of sp³-hybridized carbons (Fsp3) is 0. The van der Waals surface area contributed by atoms with E-state index in [1.165, 1.54) is 42.5 Å². The lowest BCUT2D eigenvalue weighted by Crippen LogP contribution is -2.26. The lowest BCUT2D eigenvalue weighted by molar-refractivity contribution is 0.0727. The first kappa shape index (κ1) is 20.6. The smallest absolute Gasteiger partial charge is 0.344 e. The Morgan fingerprint density at radius 3 is 1.46 bits per heavy atom. The van der Waals surface area contributed by atoms with E-state index in [4.69, 9.17) is 4.74 Å². The lowest BCUT2D eigenvalue weighted by Gasteiger charge is -2.21. The summed E-state index contributed by atoms with van der Waals surface area (Å²) in [7, 11) is 0. The molecule has 0 unspecified atom stereocenters. The van der Waals surface area contributed by atoms with Gasteiger partial charge in [0.25, 0.3) is 0 Å². The maximum Gasteiger partial charge on any atom is 0.344 e. The predicted molar refractivity (Wildman–Crippen MR) is 124 cm³/mol. The number of fused-ring (bicyclic) bond motifs is 4. The standard InChI is InChI=1S/C29H14O6/c30-25-15-7-1-3-9-17(15)27(32)23-19(25)11-5-13-21(23)29(34)35-22-14-6-12-20-24(22)28(33)18-10-4-2-8-16(18)26(20)31/h1-14H. The number of esters is 1. The first-order valence-electron chi connectivity index (χ1n) is 10.8. The van der Waals surface area contributed by atoms with E-state index in [1.807, 2.05) is 0 Å². The van der Waals surface area contributed by atoms with Crippen LogP contribution in [0.4, 0.5) is 0 Å². The van der Waals surface area contributed by atoms with Gasteiger partial charge < -0.3 is 4.74 Å². The van der Waals surface area contributed by atoms with Crippen molar-refractivity contribution in [2.24, 2.45) is 0 Å². The molecule has 0 saturated heterocycles. The third-order valence-electron chi connectivity index (χ3n) is 6.29. The highest BCUT2D eigenvalue weighted by atomic mass is 16.5. The molecule has 0 atom stereocenters. The van der Waals surface area contributed by atoms with E-state index in [-0.39, 0.29) is 67.4 Å². The summed E-state index contributed by atoms with van der Waals surface area (Å²) in [5.41, 5.74) is 1.09. The van der Waals surface area contributed by atoms with Crippen LogP contribution in [0, 0.1) is 0 Å². The molecule has 0 aliphatic heterocycles. The number of ketones is 4. The Hall–Kier alpha value is -4.97. The average molecular weight is 458 g/mol. The van der Waals surface area contributed by atoms with Crippen molar-refractivity contribution in [2.75, 3.05) is 0 Å². The van der Waals surface area contributed by atoms with Gasteiger partial charge in [-0.2, -0.15) is 0 Å². The number of hydrogen-bond donors (Lipinski definition) is 0. The predicted octanol–water partition coefficient (Wildman–Crippen LogP) is 4.46. The molecule has 4 aromatic rings. The van der Waals surface area contributed by atoms with Gasteiger partial charge in [-0.1, -0.05) is 72.8 Å². The van der Waals surface area contributed by atoms with E-state index in [1.54, 1.807) is 42.5 Å². The third-order valence-corrected chi connectivity index (χ3v) is 6.29. The summed E-state index contributed by atoms with van der Waals surface area (Å²) in [6, 6.07) is 21.7. The van der Waals surface area contributed by atoms with E-state index < -0.39 is 17.5 Å². The first-order valence-corrected chi connectivity index (χ1v) is 10.8. The number of ether oxygens (including phenoxy) is 1. The quantitative estimate of drug-likeness (QED) is 0.281. The Labute approximate surface area is 198 Å². The second-order valence-corrected chi connectivity index (χ2v) is 8.20. The van der Waals surface area contributed by atoms with Gasteiger partial charge in [-0.25, -0.2) is 4.79 Å². The molecule has 0 spiro atoms. The van der Waals surface area contributed by atoms with Gasteiger partial charge in [0.2, 0.25) is 0 Å². The van der Waals surface area contributed by atoms with Gasteiger partial charge in [0.05, 0.1) is 11.1 Å². The van der Waals surface area contributed by atoms with Crippen LogP contribution in [0.3, 0.4) is 0 Å². The highest BCUT2D eigenvalue weighted by Crippen LogP contribution is 2.35. The lowest BCUT2D eigenvalue weighted by atomic mass is 9.82. The SMILES string of the molecule is O=C1c2ccccc2C(=O)c2c(OC(=O)c3cccc4c3C(=O)c3ccccc3C4=O)cccc21. The van der Waals surface area contributed by atoms with Gasteiger partial charge in [-0.15, -0.1) is 0 Å². The molecule has 0 fully saturated rings. The molecule has 166 valence electrons. The molecule has 6 rings (SSSR count). The van der Waals surface area contributed by atoms with Crippen molar-refractivity contribution in [1.82, 2.24) is 0 Å². The van der Waals surface area contributed by atoms with Gasteiger partial charge in [0.1, 0.15) is 5.75 Å². The Kier molecular flexibility index (Phi) is 4.44. The largest absolute Gasteiger partial charge is 0.422 e. The van der Waals surface area contributed by atoms with Crippen LogP contribution in [-0.4, -0.2) is 29.1 Å². The summed E-state index contributed by atoms with van der Waals surface area (Å²) in [5, 5.41) is 0. The Morgan fingerprint density at radius 2 is 0.886 bits per heavy atom. The van der Waals surface area contributed by atoms with Gasteiger partial charge in [0.15, 0.2) is 23.1 Å². The van der Waals surface area contributed by atoms with Gasteiger partial charge in [0, 0.05) is 38.9 Å². The minimum absolute atomic E-state index is 0.0119. The van der Waals surface area contributed by atoms with E-state index in [9.17, 15) is 24.0 Å². The molecule has 0 bridgehead atoms. The number of carbonyl (C=O) groups excluding carboxylic acids is 5. The van der Waals surface area contributed by atoms with Gasteiger partial charge in [-0.05, 0) is 12.1 Å². The van der Waals surface area contributed by atoms with Crippen LogP contribution in [0.25, 0.3) is 0 Å². The van der Waals surface area contributed by atoms with E-state index in [0.29, 0.717) is 0 Å². The number of rotatable bonds is 2. The van der Waals surface area contributed by atoms with Gasteiger partial charge in [-0.3, -0.25) is 19.2 Å². The molecule has 0 radical (unpaired) electrons. The van der Waals surface area contributed by atoms with Crippen molar-refractivity contribution < 1.29 is 28.7 Å². The summed E-state index contributed by atoms with van der Waals surface area (Å²) >= 11 is 0. The minimum Gasteiger partial charge on any atom is -0.422 e. The van der Waals surface area contributed by atoms with Crippen molar-refractivity contribution in [3.8, 4) is 5.75 Å². The van der Waals surface area contributed by atoms with Crippen LogP contribution in [0.1, 0.15) is 74.0 Å². The van der Waals surface area contributed by atoms with E-state index in [0.717, 1.165) is 0 Å². The molecule has 2 aliphatic carbocycles. The maximum atomic E-state index is 13.3. The van der Waals surface area contributed by atoms with E-state index in [2.05, 4.69) is 0 Å². The van der Waals surface area contributed by atoms with Crippen LogP contribution < -0.4 is 4.74 Å². The molecular formula is C29H14O6. The summed E-state index contributed by atoms with van der Waals surface area (Å²) in [4.78, 5) is 65.7. The van der Waals surface area contributed by atoms with Crippen molar-refractivity contribution in [3.63, 3.8) is 0 Å². The number of hydrogen-bond acceptors (Lipinski definition) is 6. The summed E-state index contributed by atoms with van der Waals surface area (Å²) in [6.07, 6.45) is 0. The molecule has 0 aromatic heterocycles. The number of carbonyl (C=O) groups is 5. The Morgan fingerprint density at radius 1 is 0.457 bits per heavy atom. The molecular weight excluding hydrogens is 444 g/mol. The zero-order chi connectivity index (χ0) is 24.3. The summed E-state index contributed by atoms with van der Waals surface area (Å²) in [5.74, 6) is -2.60. The molecule has 6 heteroatoms. The fourth-order valence-electron chi connectivity index (χ4n) is 4.67.